The summed E-state index contributed by atoms with van der Waals surface area (Å²) in [6.07, 6.45) is -0.491. The summed E-state index contributed by atoms with van der Waals surface area (Å²) in [5, 5.41) is 16.5. The van der Waals surface area contributed by atoms with Crippen LogP contribution in [-0.4, -0.2) is 52.5 Å². The van der Waals surface area contributed by atoms with Crippen LogP contribution in [0, 0.1) is 11.6 Å². The second-order valence-corrected chi connectivity index (χ2v) is 9.58. The van der Waals surface area contributed by atoms with E-state index in [4.69, 9.17) is 20.9 Å². The van der Waals surface area contributed by atoms with Gasteiger partial charge in [0.25, 0.3) is 0 Å². The standard InChI is InChI=1S/C26H28ClF2N3O5.CH4/c1-26(2,35)14-19(32(3)23(33)11-10-16-6-5-9-20(29)24(16)27)15-36-25(34)30-22-13-21(31-37-22)17-7-4-8-18(28)12-17;/h4-9,12-13,19,35H,10-11,14-15H2,1-3H3,(H,30,34);1H4/t19-;/m0./s1. The number of aliphatic hydroxyl groups is 1. The molecule has 0 bridgehead atoms. The summed E-state index contributed by atoms with van der Waals surface area (Å²) in [7, 11) is 1.54. The van der Waals surface area contributed by atoms with Crippen LogP contribution in [0.5, 0.6) is 0 Å². The highest BCUT2D eigenvalue weighted by Crippen LogP contribution is 2.24. The average molecular weight is 552 g/mol. The van der Waals surface area contributed by atoms with Gasteiger partial charge in [-0.2, -0.15) is 0 Å². The fourth-order valence-corrected chi connectivity index (χ4v) is 3.89. The van der Waals surface area contributed by atoms with Crippen molar-refractivity contribution >= 4 is 29.5 Å². The van der Waals surface area contributed by atoms with Crippen LogP contribution >= 0.6 is 11.6 Å². The third kappa shape index (κ3) is 8.81. The minimum Gasteiger partial charge on any atom is -0.447 e. The number of carbonyl (C=O) groups is 2. The maximum absolute atomic E-state index is 13.7. The Labute approximate surface area is 225 Å². The Morgan fingerprint density at radius 1 is 1.21 bits per heavy atom. The van der Waals surface area contributed by atoms with Gasteiger partial charge in [0.05, 0.1) is 16.7 Å². The molecule has 2 aromatic carbocycles. The number of carbonyl (C=O) groups excluding carboxylic acids is 2. The van der Waals surface area contributed by atoms with Crippen LogP contribution in [0.4, 0.5) is 19.5 Å². The Bertz CT molecular complexity index is 1250. The predicted molar refractivity (Wildman–Crippen MR) is 141 cm³/mol. The van der Waals surface area contributed by atoms with Gasteiger partial charge >= 0.3 is 6.09 Å². The molecule has 11 heteroatoms. The number of amides is 2. The van der Waals surface area contributed by atoms with Crippen LogP contribution in [-0.2, 0) is 16.0 Å². The highest BCUT2D eigenvalue weighted by molar-refractivity contribution is 6.31. The monoisotopic (exact) mass is 551 g/mol. The van der Waals surface area contributed by atoms with E-state index in [2.05, 4.69) is 10.5 Å². The van der Waals surface area contributed by atoms with Crippen LogP contribution in [0.25, 0.3) is 11.3 Å². The second kappa shape index (κ2) is 13.3. The van der Waals surface area contributed by atoms with E-state index >= 15 is 0 Å². The quantitative estimate of drug-likeness (QED) is 0.316. The van der Waals surface area contributed by atoms with E-state index in [1.807, 2.05) is 0 Å². The highest BCUT2D eigenvalue weighted by atomic mass is 35.5. The molecule has 0 aliphatic rings. The minimum absolute atomic E-state index is 0. The number of benzene rings is 2. The van der Waals surface area contributed by atoms with Gasteiger partial charge in [0.2, 0.25) is 11.8 Å². The first-order chi connectivity index (χ1) is 17.4. The summed E-state index contributed by atoms with van der Waals surface area (Å²) < 4.78 is 37.5. The normalized spacial score (nSPS) is 11.9. The lowest BCUT2D eigenvalue weighted by Gasteiger charge is -2.32. The van der Waals surface area contributed by atoms with E-state index in [9.17, 15) is 23.5 Å². The summed E-state index contributed by atoms with van der Waals surface area (Å²) in [6.45, 7) is 2.93. The molecule has 0 aliphatic carbocycles. The third-order valence-corrected chi connectivity index (χ3v) is 6.00. The van der Waals surface area contributed by atoms with E-state index in [-0.39, 0.29) is 50.1 Å². The van der Waals surface area contributed by atoms with Gasteiger partial charge in [0.15, 0.2) is 0 Å². The molecule has 2 amide bonds. The van der Waals surface area contributed by atoms with Gasteiger partial charge < -0.3 is 19.3 Å². The van der Waals surface area contributed by atoms with Gasteiger partial charge in [-0.25, -0.2) is 13.6 Å². The number of aromatic nitrogens is 1. The van der Waals surface area contributed by atoms with Crippen molar-refractivity contribution in [3.63, 3.8) is 0 Å². The lowest BCUT2D eigenvalue weighted by molar-refractivity contribution is -0.134. The Morgan fingerprint density at radius 3 is 2.61 bits per heavy atom. The lowest BCUT2D eigenvalue weighted by atomic mass is 9.98. The van der Waals surface area contributed by atoms with Crippen molar-refractivity contribution in [3.05, 3.63) is 70.8 Å². The number of hydrogen-bond donors (Lipinski definition) is 2. The van der Waals surface area contributed by atoms with Crippen LogP contribution in [0.1, 0.15) is 39.7 Å². The molecule has 1 aromatic heterocycles. The molecule has 0 radical (unpaired) electrons. The summed E-state index contributed by atoms with van der Waals surface area (Å²) in [4.78, 5) is 26.6. The Hall–Kier alpha value is -3.50. The number of nitrogens with zero attached hydrogens (tertiary/aromatic N) is 2. The summed E-state index contributed by atoms with van der Waals surface area (Å²) in [5.41, 5.74) is 0.131. The molecular weight excluding hydrogens is 520 g/mol. The maximum atomic E-state index is 13.7. The van der Waals surface area contributed by atoms with Gasteiger partial charge in [-0.3, -0.25) is 10.1 Å². The number of nitrogens with one attached hydrogen (secondary N) is 1. The topological polar surface area (TPSA) is 105 Å². The van der Waals surface area contributed by atoms with Crippen molar-refractivity contribution in [1.82, 2.24) is 10.1 Å². The molecule has 206 valence electrons. The molecule has 0 spiro atoms. The van der Waals surface area contributed by atoms with E-state index in [1.165, 1.54) is 48.3 Å². The van der Waals surface area contributed by atoms with Gasteiger partial charge in [0.1, 0.15) is 23.9 Å². The largest absolute Gasteiger partial charge is 0.447 e. The molecule has 8 nitrogen and oxygen atoms in total. The van der Waals surface area contributed by atoms with E-state index in [0.29, 0.717) is 16.8 Å². The molecule has 38 heavy (non-hydrogen) atoms. The predicted octanol–water partition coefficient (Wildman–Crippen LogP) is 6.08. The first kappa shape index (κ1) is 30.7. The third-order valence-electron chi connectivity index (χ3n) is 5.58. The number of halogens is 3. The molecule has 0 saturated carbocycles. The van der Waals surface area contributed by atoms with Gasteiger partial charge in [-0.1, -0.05) is 48.4 Å². The molecular formula is C27H32ClF2N3O5. The zero-order valence-corrected chi connectivity index (χ0v) is 21.4. The molecule has 2 N–H and O–H groups in total. The van der Waals surface area contributed by atoms with Crippen molar-refractivity contribution in [2.75, 3.05) is 19.0 Å². The number of anilines is 1. The zero-order valence-electron chi connectivity index (χ0n) is 20.6. The number of aryl methyl sites for hydroxylation is 1. The molecule has 1 atom stereocenters. The fraction of sp³-hybridized carbons (Fsp3) is 0.370. The smallest absolute Gasteiger partial charge is 0.414 e. The lowest BCUT2D eigenvalue weighted by Crippen LogP contribution is -2.45. The molecule has 0 aliphatic heterocycles. The maximum Gasteiger partial charge on any atom is 0.414 e. The van der Waals surface area contributed by atoms with Crippen LogP contribution in [0.15, 0.2) is 53.1 Å². The zero-order chi connectivity index (χ0) is 27.2. The molecule has 1 heterocycles. The number of hydrogen-bond acceptors (Lipinski definition) is 6. The van der Waals surface area contributed by atoms with Gasteiger partial charge in [-0.15, -0.1) is 0 Å². The molecule has 0 saturated heterocycles. The highest BCUT2D eigenvalue weighted by Gasteiger charge is 2.28. The SMILES string of the molecule is C.CN(C(=O)CCc1cccc(F)c1Cl)[C@H](COC(=O)Nc1cc(-c2cccc(F)c2)no1)CC(C)(C)O. The molecule has 3 aromatic rings. The molecule has 0 fully saturated rings. The Morgan fingerprint density at radius 2 is 1.92 bits per heavy atom. The number of ether oxygens (including phenoxy) is 1. The van der Waals surface area contributed by atoms with E-state index < -0.39 is 29.4 Å². The Kier molecular flexibility index (Phi) is 10.8. The average Bonchev–Trinajstić information content (AvgIpc) is 3.29. The van der Waals surface area contributed by atoms with Crippen molar-refractivity contribution in [2.45, 2.75) is 52.2 Å². The molecule has 0 unspecified atom stereocenters. The van der Waals surface area contributed by atoms with Gasteiger partial charge in [-0.05, 0) is 50.5 Å². The van der Waals surface area contributed by atoms with Crippen molar-refractivity contribution < 1.29 is 32.7 Å². The first-order valence-corrected chi connectivity index (χ1v) is 11.9. The summed E-state index contributed by atoms with van der Waals surface area (Å²) >= 11 is 5.97. The van der Waals surface area contributed by atoms with Crippen LogP contribution in [0.2, 0.25) is 5.02 Å². The fourth-order valence-electron chi connectivity index (χ4n) is 3.67. The summed E-state index contributed by atoms with van der Waals surface area (Å²) in [6, 6.07) is 10.9. The summed E-state index contributed by atoms with van der Waals surface area (Å²) in [5.74, 6) is -1.31. The van der Waals surface area contributed by atoms with Crippen molar-refractivity contribution in [1.29, 1.82) is 0 Å². The number of likely N-dealkylation sites (N-methyl/N-ethyl adjacent to an activating group) is 1. The minimum atomic E-state index is -1.16. The van der Waals surface area contributed by atoms with Crippen LogP contribution < -0.4 is 5.32 Å². The Balaban J connectivity index is 0.00000507. The molecule has 3 rings (SSSR count). The van der Waals surface area contributed by atoms with Crippen molar-refractivity contribution in [2.24, 2.45) is 0 Å². The second-order valence-electron chi connectivity index (χ2n) is 9.20. The number of rotatable bonds is 10. The van der Waals surface area contributed by atoms with Crippen molar-refractivity contribution in [3.8, 4) is 11.3 Å². The van der Waals surface area contributed by atoms with E-state index in [1.54, 1.807) is 26.0 Å². The van der Waals surface area contributed by atoms with Gasteiger partial charge in [0, 0.05) is 25.1 Å². The van der Waals surface area contributed by atoms with E-state index in [0.717, 1.165) is 0 Å². The van der Waals surface area contributed by atoms with Crippen LogP contribution in [0.3, 0.4) is 0 Å². The first-order valence-electron chi connectivity index (χ1n) is 11.5.